The molecule has 3 aromatic carbocycles. The van der Waals surface area contributed by atoms with Crippen LogP contribution in [0.1, 0.15) is 47.2 Å². The van der Waals surface area contributed by atoms with Crippen LogP contribution in [0.4, 0.5) is 13.2 Å². The summed E-state index contributed by atoms with van der Waals surface area (Å²) in [5.74, 6) is -2.41. The molecule has 6 rings (SSSR count). The minimum Gasteiger partial charge on any atom is -0.478 e. The molecule has 0 bridgehead atoms. The number of hydrogen-bond donors (Lipinski definition) is 1. The highest BCUT2D eigenvalue weighted by atomic mass is 35.5. The predicted octanol–water partition coefficient (Wildman–Crippen LogP) is 7.63. The zero-order valence-electron chi connectivity index (χ0n) is 23.8. The van der Waals surface area contributed by atoms with Crippen LogP contribution in [0.25, 0.3) is 22.3 Å². The molecule has 1 saturated heterocycles. The first-order chi connectivity index (χ1) is 21.0. The van der Waals surface area contributed by atoms with Gasteiger partial charge in [-0.25, -0.2) is 27.9 Å². The largest absolute Gasteiger partial charge is 0.478 e. The molecule has 0 unspecified atom stereocenters. The summed E-state index contributed by atoms with van der Waals surface area (Å²) in [6.07, 6.45) is 0.0262. The average Bonchev–Trinajstić information content (AvgIpc) is 3.51. The second-order valence-electron chi connectivity index (χ2n) is 11.4. The van der Waals surface area contributed by atoms with Crippen LogP contribution in [0.3, 0.4) is 0 Å². The molecule has 2 aromatic heterocycles. The standard InChI is InChI=1S/C33H27ClF3N3O4/c1-33(2)17-43-16-28(33)40-27-12-21(32(41)42)11-25(37)31(27)39-29(40)13-18-6-7-19(10-23(18)35)26-4-3-5-30(38-26)44-15-20-8-9-22(34)14-24(20)36/h3-12,14,28H,13,15-17H2,1-2H3,(H,41,42)/t28-/m1/s1. The van der Waals surface area contributed by atoms with Gasteiger partial charge in [0.25, 0.3) is 0 Å². The number of halogens is 4. The molecule has 0 radical (unpaired) electrons. The van der Waals surface area contributed by atoms with Gasteiger partial charge < -0.3 is 19.1 Å². The third kappa shape index (κ3) is 5.75. The lowest BCUT2D eigenvalue weighted by atomic mass is 9.87. The first-order valence-corrected chi connectivity index (χ1v) is 14.2. The molecule has 0 saturated carbocycles. The minimum absolute atomic E-state index is 0.0178. The molecule has 11 heteroatoms. The number of carboxylic acid groups (broad SMARTS) is 1. The zero-order chi connectivity index (χ0) is 31.2. The first kappa shape index (κ1) is 29.7. The van der Waals surface area contributed by atoms with Gasteiger partial charge in [0, 0.05) is 34.1 Å². The molecule has 1 aliphatic heterocycles. The van der Waals surface area contributed by atoms with E-state index in [0.717, 1.165) is 6.07 Å². The number of carbonyl (C=O) groups is 1. The van der Waals surface area contributed by atoms with E-state index in [1.165, 1.54) is 24.3 Å². The van der Waals surface area contributed by atoms with Crippen molar-refractivity contribution >= 4 is 28.6 Å². The van der Waals surface area contributed by atoms with E-state index in [4.69, 9.17) is 21.1 Å². The van der Waals surface area contributed by atoms with Crippen LogP contribution in [0.15, 0.2) is 66.7 Å². The summed E-state index contributed by atoms with van der Waals surface area (Å²) in [6, 6.07) is 16.1. The Morgan fingerprint density at radius 1 is 1.02 bits per heavy atom. The quantitative estimate of drug-likeness (QED) is 0.192. The number of ether oxygens (including phenoxy) is 2. The van der Waals surface area contributed by atoms with Crippen LogP contribution in [-0.2, 0) is 17.8 Å². The number of aromatic carboxylic acids is 1. The van der Waals surface area contributed by atoms with Gasteiger partial charge in [-0.05, 0) is 42.0 Å². The maximum absolute atomic E-state index is 15.6. The minimum atomic E-state index is -1.26. The molecule has 226 valence electrons. The topological polar surface area (TPSA) is 86.5 Å². The van der Waals surface area contributed by atoms with E-state index in [1.54, 1.807) is 41.0 Å². The second kappa shape index (κ2) is 11.6. The monoisotopic (exact) mass is 621 g/mol. The Balaban J connectivity index is 1.30. The number of nitrogens with zero attached hydrogens (tertiary/aromatic N) is 3. The van der Waals surface area contributed by atoms with Gasteiger partial charge >= 0.3 is 5.97 Å². The number of benzene rings is 3. The third-order valence-corrected chi connectivity index (χ3v) is 8.08. The zero-order valence-corrected chi connectivity index (χ0v) is 24.5. The number of imidazole rings is 1. The maximum Gasteiger partial charge on any atom is 0.335 e. The highest BCUT2D eigenvalue weighted by molar-refractivity contribution is 6.30. The summed E-state index contributed by atoms with van der Waals surface area (Å²) in [5.41, 5.74) is 1.34. The lowest BCUT2D eigenvalue weighted by molar-refractivity contribution is 0.0696. The Bertz CT molecular complexity index is 1910. The fraction of sp³-hybridized carbons (Fsp3) is 0.242. The molecule has 0 amide bonds. The average molecular weight is 622 g/mol. The molecular formula is C33H27ClF3N3O4. The van der Waals surface area contributed by atoms with Crippen LogP contribution < -0.4 is 4.74 Å². The van der Waals surface area contributed by atoms with E-state index in [-0.39, 0.29) is 46.5 Å². The van der Waals surface area contributed by atoms with Crippen molar-refractivity contribution < 1.29 is 32.5 Å². The summed E-state index contributed by atoms with van der Waals surface area (Å²) in [7, 11) is 0. The Hall–Kier alpha value is -4.41. The van der Waals surface area contributed by atoms with Gasteiger partial charge in [-0.2, -0.15) is 0 Å². The summed E-state index contributed by atoms with van der Waals surface area (Å²) in [6.45, 7) is 4.71. The van der Waals surface area contributed by atoms with Crippen molar-refractivity contribution in [2.45, 2.75) is 32.9 Å². The van der Waals surface area contributed by atoms with E-state index in [9.17, 15) is 14.3 Å². The predicted molar refractivity (Wildman–Crippen MR) is 158 cm³/mol. The fourth-order valence-corrected chi connectivity index (χ4v) is 5.60. The van der Waals surface area contributed by atoms with Crippen LogP contribution in [0.5, 0.6) is 5.88 Å². The van der Waals surface area contributed by atoms with Gasteiger partial charge in [0.15, 0.2) is 5.82 Å². The highest BCUT2D eigenvalue weighted by Gasteiger charge is 2.39. The molecule has 7 nitrogen and oxygen atoms in total. The van der Waals surface area contributed by atoms with Crippen molar-refractivity contribution in [3.8, 4) is 17.1 Å². The maximum atomic E-state index is 15.6. The molecular weight excluding hydrogens is 595 g/mol. The lowest BCUT2D eigenvalue weighted by Crippen LogP contribution is -2.27. The molecule has 5 aromatic rings. The molecule has 1 fully saturated rings. The molecule has 1 aliphatic rings. The van der Waals surface area contributed by atoms with Crippen LogP contribution in [0, 0.1) is 22.9 Å². The van der Waals surface area contributed by atoms with Gasteiger partial charge in [0.2, 0.25) is 5.88 Å². The number of fused-ring (bicyclic) bond motifs is 1. The van der Waals surface area contributed by atoms with Crippen molar-refractivity contribution in [1.29, 1.82) is 0 Å². The van der Waals surface area contributed by atoms with Crippen molar-refractivity contribution in [3.05, 3.63) is 112 Å². The van der Waals surface area contributed by atoms with Gasteiger partial charge in [0.1, 0.15) is 29.6 Å². The van der Waals surface area contributed by atoms with Gasteiger partial charge in [-0.15, -0.1) is 0 Å². The number of pyridine rings is 1. The lowest BCUT2D eigenvalue weighted by Gasteiger charge is -2.28. The number of rotatable bonds is 8. The summed E-state index contributed by atoms with van der Waals surface area (Å²) in [4.78, 5) is 20.7. The second-order valence-corrected chi connectivity index (χ2v) is 11.9. The molecule has 44 heavy (non-hydrogen) atoms. The van der Waals surface area contributed by atoms with Crippen molar-refractivity contribution in [1.82, 2.24) is 14.5 Å². The van der Waals surface area contributed by atoms with Gasteiger partial charge in [-0.1, -0.05) is 49.7 Å². The third-order valence-electron chi connectivity index (χ3n) is 7.84. The summed E-state index contributed by atoms with van der Waals surface area (Å²) < 4.78 is 58.0. The number of carboxylic acids is 1. The molecule has 1 N–H and O–H groups in total. The van der Waals surface area contributed by atoms with Crippen molar-refractivity contribution in [2.24, 2.45) is 5.41 Å². The Morgan fingerprint density at radius 3 is 2.50 bits per heavy atom. The Morgan fingerprint density at radius 2 is 1.80 bits per heavy atom. The molecule has 3 heterocycles. The van der Waals surface area contributed by atoms with Gasteiger partial charge in [-0.3, -0.25) is 0 Å². The molecule has 0 aliphatic carbocycles. The normalized spacial score (nSPS) is 16.0. The molecule has 1 atom stereocenters. The van der Waals surface area contributed by atoms with E-state index in [2.05, 4.69) is 9.97 Å². The van der Waals surface area contributed by atoms with Crippen LogP contribution >= 0.6 is 11.6 Å². The molecule has 0 spiro atoms. The summed E-state index contributed by atoms with van der Waals surface area (Å²) in [5, 5.41) is 9.82. The van der Waals surface area contributed by atoms with Crippen molar-refractivity contribution in [2.75, 3.05) is 13.2 Å². The van der Waals surface area contributed by atoms with Gasteiger partial charge in [0.05, 0.1) is 36.0 Å². The van der Waals surface area contributed by atoms with E-state index in [1.807, 2.05) is 13.8 Å². The van der Waals surface area contributed by atoms with E-state index < -0.39 is 23.4 Å². The van der Waals surface area contributed by atoms with Crippen molar-refractivity contribution in [3.63, 3.8) is 0 Å². The Labute approximate surface area is 255 Å². The van der Waals surface area contributed by atoms with Crippen LogP contribution in [-0.4, -0.2) is 38.8 Å². The summed E-state index contributed by atoms with van der Waals surface area (Å²) >= 11 is 5.81. The first-order valence-electron chi connectivity index (χ1n) is 13.8. The SMILES string of the molecule is CC1(C)COC[C@H]1n1c(Cc2ccc(-c3cccc(OCc4ccc(Cl)cc4F)n3)cc2F)nc2c(F)cc(C(=O)O)cc21. The smallest absolute Gasteiger partial charge is 0.335 e. The number of hydrogen-bond acceptors (Lipinski definition) is 5. The van der Waals surface area contributed by atoms with E-state index >= 15 is 8.78 Å². The number of aromatic nitrogens is 3. The highest BCUT2D eigenvalue weighted by Crippen LogP contribution is 2.41. The fourth-order valence-electron chi connectivity index (χ4n) is 5.44. The Kier molecular flexibility index (Phi) is 7.81. The van der Waals surface area contributed by atoms with E-state index in [0.29, 0.717) is 46.9 Å². The van der Waals surface area contributed by atoms with Crippen LogP contribution in [0.2, 0.25) is 5.02 Å².